The van der Waals surface area contributed by atoms with E-state index in [0.29, 0.717) is 30.2 Å². The Morgan fingerprint density at radius 2 is 2.04 bits per heavy atom. The van der Waals surface area contributed by atoms with E-state index in [-0.39, 0.29) is 5.91 Å². The average molecular weight is 335 g/mol. The fraction of sp³-hybridized carbons (Fsp3) is 0.158. The molecule has 25 heavy (non-hydrogen) atoms. The molecular formula is C19H17N3O3. The zero-order valence-electron chi connectivity index (χ0n) is 13.7. The lowest BCUT2D eigenvalue weighted by Crippen LogP contribution is -2.25. The summed E-state index contributed by atoms with van der Waals surface area (Å²) in [5, 5.41) is 3.87. The number of amides is 2. The molecule has 1 aromatic heterocycles. The number of aromatic amines is 1. The van der Waals surface area contributed by atoms with Gasteiger partial charge in [-0.05, 0) is 37.3 Å². The molecule has 6 nitrogen and oxygen atoms in total. The van der Waals surface area contributed by atoms with Gasteiger partial charge in [0, 0.05) is 10.9 Å². The van der Waals surface area contributed by atoms with Crippen molar-refractivity contribution < 1.29 is 14.3 Å². The van der Waals surface area contributed by atoms with Gasteiger partial charge >= 0.3 is 6.09 Å². The number of H-pyrrole nitrogens is 1. The van der Waals surface area contributed by atoms with Gasteiger partial charge in [0.2, 0.25) is 0 Å². The van der Waals surface area contributed by atoms with E-state index in [2.05, 4.69) is 10.3 Å². The second-order valence-corrected chi connectivity index (χ2v) is 6.01. The van der Waals surface area contributed by atoms with E-state index in [1.807, 2.05) is 43.3 Å². The van der Waals surface area contributed by atoms with Crippen LogP contribution in [0.4, 0.5) is 16.2 Å². The highest BCUT2D eigenvalue weighted by atomic mass is 16.6. The number of benzene rings is 2. The molecule has 1 aliphatic heterocycles. The highest BCUT2D eigenvalue weighted by Gasteiger charge is 2.26. The van der Waals surface area contributed by atoms with Crippen LogP contribution in [0.25, 0.3) is 10.9 Å². The quantitative estimate of drug-likeness (QED) is 0.766. The van der Waals surface area contributed by atoms with E-state index in [1.54, 1.807) is 12.1 Å². The van der Waals surface area contributed by atoms with Crippen LogP contribution in [0.3, 0.4) is 0 Å². The van der Waals surface area contributed by atoms with Gasteiger partial charge < -0.3 is 15.0 Å². The van der Waals surface area contributed by atoms with Crippen molar-refractivity contribution in [2.24, 2.45) is 0 Å². The summed E-state index contributed by atoms with van der Waals surface area (Å²) in [5.74, 6) is -0.256. The van der Waals surface area contributed by atoms with Gasteiger partial charge in [0.15, 0.2) is 0 Å². The third-order valence-corrected chi connectivity index (χ3v) is 4.22. The van der Waals surface area contributed by atoms with E-state index in [0.717, 1.165) is 16.5 Å². The second-order valence-electron chi connectivity index (χ2n) is 6.01. The molecule has 2 aromatic carbocycles. The number of aromatic nitrogens is 1. The molecule has 3 aromatic rings. The molecule has 126 valence electrons. The zero-order valence-corrected chi connectivity index (χ0v) is 13.7. The minimum atomic E-state index is -0.400. The molecule has 0 radical (unpaired) electrons. The monoisotopic (exact) mass is 335 g/mol. The van der Waals surface area contributed by atoms with Gasteiger partial charge in [-0.1, -0.05) is 23.8 Å². The topological polar surface area (TPSA) is 74.4 Å². The Morgan fingerprint density at radius 3 is 2.84 bits per heavy atom. The lowest BCUT2D eigenvalue weighted by Gasteiger charge is -2.17. The van der Waals surface area contributed by atoms with Crippen molar-refractivity contribution in [2.45, 2.75) is 6.92 Å². The Bertz CT molecular complexity index is 977. The van der Waals surface area contributed by atoms with Crippen LogP contribution in [0.1, 0.15) is 16.1 Å². The number of nitrogens with one attached hydrogen (secondary N) is 2. The molecule has 0 saturated carbocycles. The van der Waals surface area contributed by atoms with Crippen molar-refractivity contribution in [1.29, 1.82) is 0 Å². The summed E-state index contributed by atoms with van der Waals surface area (Å²) in [6.45, 7) is 2.83. The third kappa shape index (κ3) is 2.82. The number of cyclic esters (lactones) is 1. The summed E-state index contributed by atoms with van der Waals surface area (Å²) in [6.07, 6.45) is -0.400. The molecular weight excluding hydrogens is 318 g/mol. The number of fused-ring (bicyclic) bond motifs is 1. The van der Waals surface area contributed by atoms with Crippen LogP contribution >= 0.6 is 0 Å². The molecule has 1 fully saturated rings. The fourth-order valence-corrected chi connectivity index (χ4v) is 2.99. The van der Waals surface area contributed by atoms with Crippen molar-refractivity contribution in [2.75, 3.05) is 23.4 Å². The number of nitrogens with zero attached hydrogens (tertiary/aromatic N) is 1. The summed E-state index contributed by atoms with van der Waals surface area (Å²) in [4.78, 5) is 29.1. The minimum absolute atomic E-state index is 0.256. The number of para-hydroxylation sites is 2. The van der Waals surface area contributed by atoms with Crippen molar-refractivity contribution in [3.63, 3.8) is 0 Å². The molecule has 0 spiro atoms. The first-order valence-corrected chi connectivity index (χ1v) is 8.06. The van der Waals surface area contributed by atoms with Crippen LogP contribution in [-0.4, -0.2) is 30.1 Å². The maximum atomic E-state index is 12.6. The van der Waals surface area contributed by atoms with Gasteiger partial charge in [-0.25, -0.2) is 4.79 Å². The predicted octanol–water partition coefficient (Wildman–Crippen LogP) is 3.69. The lowest BCUT2D eigenvalue weighted by molar-refractivity contribution is 0.102. The minimum Gasteiger partial charge on any atom is -0.447 e. The maximum absolute atomic E-state index is 12.6. The number of anilines is 2. The third-order valence-electron chi connectivity index (χ3n) is 4.22. The summed E-state index contributed by atoms with van der Waals surface area (Å²) in [7, 11) is 0. The van der Waals surface area contributed by atoms with Crippen molar-refractivity contribution in [3.8, 4) is 0 Å². The molecule has 2 heterocycles. The van der Waals surface area contributed by atoms with Crippen LogP contribution < -0.4 is 10.2 Å². The first kappa shape index (κ1) is 15.3. The number of ether oxygens (including phenoxy) is 1. The first-order valence-electron chi connectivity index (χ1n) is 8.06. The van der Waals surface area contributed by atoms with Crippen LogP contribution in [0.15, 0.2) is 48.5 Å². The van der Waals surface area contributed by atoms with E-state index in [4.69, 9.17) is 4.74 Å². The summed E-state index contributed by atoms with van der Waals surface area (Å²) < 4.78 is 4.98. The van der Waals surface area contributed by atoms with Gasteiger partial charge in [0.1, 0.15) is 12.3 Å². The zero-order chi connectivity index (χ0) is 17.4. The Hall–Kier alpha value is -3.28. The van der Waals surface area contributed by atoms with Gasteiger partial charge in [0.05, 0.1) is 17.9 Å². The second kappa shape index (κ2) is 5.98. The Kier molecular flexibility index (Phi) is 3.65. The average Bonchev–Trinajstić information content (AvgIpc) is 3.21. The van der Waals surface area contributed by atoms with Crippen LogP contribution in [0.5, 0.6) is 0 Å². The number of carbonyl (C=O) groups is 2. The number of rotatable bonds is 3. The van der Waals surface area contributed by atoms with Gasteiger partial charge in [-0.2, -0.15) is 0 Å². The van der Waals surface area contributed by atoms with Crippen molar-refractivity contribution >= 4 is 34.3 Å². The molecule has 2 N–H and O–H groups in total. The van der Waals surface area contributed by atoms with Crippen molar-refractivity contribution in [1.82, 2.24) is 4.98 Å². The molecule has 4 rings (SSSR count). The SMILES string of the molecule is Cc1ccc2[nH]c(C(=O)Nc3ccccc3N3CCOC3=O)cc2c1. The highest BCUT2D eigenvalue weighted by Crippen LogP contribution is 2.28. The van der Waals surface area contributed by atoms with E-state index >= 15 is 0 Å². The standard InChI is InChI=1S/C19H17N3O3/c1-12-6-7-14-13(10-12)11-16(20-14)18(23)21-15-4-2-3-5-17(15)22-8-9-25-19(22)24/h2-7,10-11,20H,8-9H2,1H3,(H,21,23). The number of hydrogen-bond donors (Lipinski definition) is 2. The normalized spacial score (nSPS) is 14.0. The van der Waals surface area contributed by atoms with Crippen LogP contribution in [0, 0.1) is 6.92 Å². The molecule has 0 atom stereocenters. The lowest BCUT2D eigenvalue weighted by atomic mass is 10.2. The highest BCUT2D eigenvalue weighted by molar-refractivity contribution is 6.08. The van der Waals surface area contributed by atoms with Gasteiger partial charge in [-0.3, -0.25) is 9.69 Å². The first-order chi connectivity index (χ1) is 12.1. The number of aryl methyl sites for hydroxylation is 1. The Morgan fingerprint density at radius 1 is 1.20 bits per heavy atom. The molecule has 1 aliphatic rings. The molecule has 0 aliphatic carbocycles. The Balaban J connectivity index is 1.63. The predicted molar refractivity (Wildman–Crippen MR) is 96.1 cm³/mol. The fourth-order valence-electron chi connectivity index (χ4n) is 2.99. The van der Waals surface area contributed by atoms with E-state index in [1.165, 1.54) is 4.90 Å². The van der Waals surface area contributed by atoms with Gasteiger partial charge in [0.25, 0.3) is 5.91 Å². The molecule has 0 bridgehead atoms. The molecule has 6 heteroatoms. The summed E-state index contributed by atoms with van der Waals surface area (Å²) in [5.41, 5.74) is 3.72. The Labute approximate surface area is 144 Å². The number of carbonyl (C=O) groups excluding carboxylic acids is 2. The summed E-state index contributed by atoms with van der Waals surface area (Å²) in [6, 6.07) is 15.0. The molecule has 2 amide bonds. The smallest absolute Gasteiger partial charge is 0.414 e. The molecule has 1 saturated heterocycles. The van der Waals surface area contributed by atoms with E-state index < -0.39 is 6.09 Å². The van der Waals surface area contributed by atoms with Crippen molar-refractivity contribution in [3.05, 3.63) is 59.8 Å². The molecule has 0 unspecified atom stereocenters. The maximum Gasteiger partial charge on any atom is 0.414 e. The number of hydrogen-bond acceptors (Lipinski definition) is 3. The van der Waals surface area contributed by atoms with Crippen LogP contribution in [-0.2, 0) is 4.74 Å². The van der Waals surface area contributed by atoms with Gasteiger partial charge in [-0.15, -0.1) is 0 Å². The largest absolute Gasteiger partial charge is 0.447 e. The van der Waals surface area contributed by atoms with Crippen LogP contribution in [0.2, 0.25) is 0 Å². The van der Waals surface area contributed by atoms with E-state index in [9.17, 15) is 9.59 Å². The summed E-state index contributed by atoms with van der Waals surface area (Å²) >= 11 is 0.